The Labute approximate surface area is 171 Å². The van der Waals surface area contributed by atoms with Crippen LogP contribution in [0.1, 0.15) is 45.2 Å². The van der Waals surface area contributed by atoms with Gasteiger partial charge in [0.2, 0.25) is 11.8 Å². The second-order valence-electron chi connectivity index (χ2n) is 8.43. The predicted octanol–water partition coefficient (Wildman–Crippen LogP) is 2.40. The van der Waals surface area contributed by atoms with Crippen molar-refractivity contribution in [3.8, 4) is 0 Å². The molecule has 0 unspecified atom stereocenters. The molecular formula is C22H30N4O3. The van der Waals surface area contributed by atoms with E-state index in [2.05, 4.69) is 15.6 Å². The zero-order valence-electron chi connectivity index (χ0n) is 17.5. The SMILES string of the molecule is CC(=O)N1CCC[C@H](c2cc3cccnc3n2CC(=O)N2C[C@H](C)O[C@@H](C)C2)C1. The van der Waals surface area contributed by atoms with Gasteiger partial charge in [-0.3, -0.25) is 9.59 Å². The van der Waals surface area contributed by atoms with Crippen LogP contribution in [0.2, 0.25) is 0 Å². The number of pyridine rings is 1. The van der Waals surface area contributed by atoms with E-state index in [9.17, 15) is 9.59 Å². The number of aromatic nitrogens is 2. The van der Waals surface area contributed by atoms with Crippen LogP contribution in [0.15, 0.2) is 24.4 Å². The number of ether oxygens (including phenoxy) is 1. The number of hydrogen-bond donors (Lipinski definition) is 0. The summed E-state index contributed by atoms with van der Waals surface area (Å²) in [7, 11) is 0. The molecule has 0 radical (unpaired) electrons. The Balaban J connectivity index is 1.63. The molecule has 7 heteroatoms. The van der Waals surface area contributed by atoms with Gasteiger partial charge in [0.25, 0.3) is 0 Å². The molecule has 0 aliphatic carbocycles. The Morgan fingerprint density at radius 1 is 1.17 bits per heavy atom. The molecule has 0 bridgehead atoms. The van der Waals surface area contributed by atoms with Crippen molar-refractivity contribution in [1.82, 2.24) is 19.4 Å². The largest absolute Gasteiger partial charge is 0.372 e. The number of morpholine rings is 1. The van der Waals surface area contributed by atoms with E-state index in [1.54, 1.807) is 13.1 Å². The van der Waals surface area contributed by atoms with Crippen molar-refractivity contribution in [3.05, 3.63) is 30.1 Å². The molecule has 156 valence electrons. The van der Waals surface area contributed by atoms with Gasteiger partial charge in [-0.05, 0) is 44.9 Å². The van der Waals surface area contributed by atoms with Crippen molar-refractivity contribution in [3.63, 3.8) is 0 Å². The number of amides is 2. The van der Waals surface area contributed by atoms with Crippen LogP contribution in [0.5, 0.6) is 0 Å². The number of carbonyl (C=O) groups excluding carboxylic acids is 2. The van der Waals surface area contributed by atoms with Crippen molar-refractivity contribution >= 4 is 22.8 Å². The molecule has 0 saturated carbocycles. The average molecular weight is 399 g/mol. The Bertz CT molecular complexity index is 899. The quantitative estimate of drug-likeness (QED) is 0.796. The van der Waals surface area contributed by atoms with Crippen molar-refractivity contribution in [2.24, 2.45) is 0 Å². The standard InChI is InChI=1S/C22H30N4O3/c1-15-11-25(12-16(2)29-15)21(28)14-26-20(10-18-6-4-8-23-22(18)26)19-7-5-9-24(13-19)17(3)27/h4,6,8,10,15-16,19H,5,7,9,11-14H2,1-3H3/t15-,16-,19-/m0/s1. The normalized spacial score (nSPS) is 25.4. The zero-order chi connectivity index (χ0) is 20.5. The van der Waals surface area contributed by atoms with Crippen LogP contribution in [0.4, 0.5) is 0 Å². The third-order valence-corrected chi connectivity index (χ3v) is 6.04. The summed E-state index contributed by atoms with van der Waals surface area (Å²) < 4.78 is 7.84. The van der Waals surface area contributed by atoms with Gasteiger partial charge in [0.1, 0.15) is 12.2 Å². The highest BCUT2D eigenvalue weighted by Crippen LogP contribution is 2.31. The number of rotatable bonds is 3. The molecule has 0 aromatic carbocycles. The monoisotopic (exact) mass is 398 g/mol. The summed E-state index contributed by atoms with van der Waals surface area (Å²) in [6.07, 6.45) is 3.86. The van der Waals surface area contributed by atoms with Crippen LogP contribution in [-0.4, -0.2) is 69.6 Å². The molecule has 2 aliphatic rings. The first kappa shape index (κ1) is 19.9. The maximum atomic E-state index is 13.2. The number of carbonyl (C=O) groups is 2. The second kappa shape index (κ2) is 8.14. The Hall–Kier alpha value is -2.41. The number of likely N-dealkylation sites (tertiary alicyclic amines) is 1. The van der Waals surface area contributed by atoms with Crippen LogP contribution < -0.4 is 0 Å². The van der Waals surface area contributed by atoms with E-state index in [4.69, 9.17) is 4.74 Å². The Morgan fingerprint density at radius 3 is 2.66 bits per heavy atom. The first-order chi connectivity index (χ1) is 13.9. The van der Waals surface area contributed by atoms with Crippen molar-refractivity contribution in [2.45, 2.75) is 58.3 Å². The second-order valence-corrected chi connectivity index (χ2v) is 8.43. The lowest BCUT2D eigenvalue weighted by Crippen LogP contribution is -2.49. The molecular weight excluding hydrogens is 368 g/mol. The minimum atomic E-state index is 0.0455. The van der Waals surface area contributed by atoms with Gasteiger partial charge in [0.05, 0.1) is 12.2 Å². The average Bonchev–Trinajstić information content (AvgIpc) is 3.06. The molecule has 2 aromatic rings. The van der Waals surface area contributed by atoms with E-state index >= 15 is 0 Å². The molecule has 2 aromatic heterocycles. The third-order valence-electron chi connectivity index (χ3n) is 6.04. The van der Waals surface area contributed by atoms with Gasteiger partial charge in [-0.1, -0.05) is 0 Å². The van der Waals surface area contributed by atoms with Gasteiger partial charge >= 0.3 is 0 Å². The number of piperidine rings is 1. The minimum Gasteiger partial charge on any atom is -0.372 e. The van der Waals surface area contributed by atoms with E-state index in [1.165, 1.54) is 0 Å². The van der Waals surface area contributed by atoms with Crippen molar-refractivity contribution in [1.29, 1.82) is 0 Å². The van der Waals surface area contributed by atoms with Crippen molar-refractivity contribution in [2.75, 3.05) is 26.2 Å². The first-order valence-electron chi connectivity index (χ1n) is 10.5. The maximum Gasteiger partial charge on any atom is 0.242 e. The van der Waals surface area contributed by atoms with E-state index < -0.39 is 0 Å². The van der Waals surface area contributed by atoms with Gasteiger partial charge in [-0.15, -0.1) is 0 Å². The Kier molecular flexibility index (Phi) is 5.58. The van der Waals surface area contributed by atoms with Gasteiger partial charge < -0.3 is 19.1 Å². The van der Waals surface area contributed by atoms with Crippen LogP contribution in [0, 0.1) is 0 Å². The van der Waals surface area contributed by atoms with Crippen LogP contribution in [0.25, 0.3) is 11.0 Å². The third kappa shape index (κ3) is 4.15. The smallest absolute Gasteiger partial charge is 0.242 e. The number of fused-ring (bicyclic) bond motifs is 1. The first-order valence-corrected chi connectivity index (χ1v) is 10.5. The summed E-state index contributed by atoms with van der Waals surface area (Å²) in [4.78, 5) is 33.5. The molecule has 2 aliphatic heterocycles. The van der Waals surface area contributed by atoms with Gasteiger partial charge in [0.15, 0.2) is 0 Å². The van der Waals surface area contributed by atoms with Gasteiger partial charge in [-0.25, -0.2) is 4.98 Å². The number of nitrogens with zero attached hydrogens (tertiary/aromatic N) is 4. The highest BCUT2D eigenvalue weighted by Gasteiger charge is 2.29. The maximum absolute atomic E-state index is 13.2. The molecule has 4 rings (SSSR count). The summed E-state index contributed by atoms with van der Waals surface area (Å²) in [6.45, 7) is 8.66. The van der Waals surface area contributed by atoms with Gasteiger partial charge in [-0.2, -0.15) is 0 Å². The fourth-order valence-electron chi connectivity index (χ4n) is 4.73. The lowest BCUT2D eigenvalue weighted by Gasteiger charge is -2.36. The minimum absolute atomic E-state index is 0.0455. The predicted molar refractivity (Wildman–Crippen MR) is 111 cm³/mol. The van der Waals surface area contributed by atoms with E-state index in [0.717, 1.165) is 36.1 Å². The molecule has 3 atom stereocenters. The van der Waals surface area contributed by atoms with E-state index in [-0.39, 0.29) is 36.5 Å². The summed E-state index contributed by atoms with van der Waals surface area (Å²) >= 11 is 0. The van der Waals surface area contributed by atoms with Crippen molar-refractivity contribution < 1.29 is 14.3 Å². The van der Waals surface area contributed by atoms with Crippen LogP contribution >= 0.6 is 0 Å². The summed E-state index contributed by atoms with van der Waals surface area (Å²) in [5.41, 5.74) is 1.94. The Morgan fingerprint density at radius 2 is 1.93 bits per heavy atom. The summed E-state index contributed by atoms with van der Waals surface area (Å²) in [6, 6.07) is 6.11. The zero-order valence-corrected chi connectivity index (χ0v) is 17.5. The lowest BCUT2D eigenvalue weighted by atomic mass is 9.94. The lowest BCUT2D eigenvalue weighted by molar-refractivity contribution is -0.143. The highest BCUT2D eigenvalue weighted by molar-refractivity contribution is 5.82. The molecule has 2 saturated heterocycles. The van der Waals surface area contributed by atoms with Crippen LogP contribution in [-0.2, 0) is 20.9 Å². The fourth-order valence-corrected chi connectivity index (χ4v) is 4.73. The fraction of sp³-hybridized carbons (Fsp3) is 0.591. The molecule has 0 N–H and O–H groups in total. The molecule has 7 nitrogen and oxygen atoms in total. The van der Waals surface area contributed by atoms with E-state index in [0.29, 0.717) is 19.6 Å². The van der Waals surface area contributed by atoms with Crippen LogP contribution in [0.3, 0.4) is 0 Å². The molecule has 0 spiro atoms. The van der Waals surface area contributed by atoms with Gasteiger partial charge in [0, 0.05) is 56.3 Å². The summed E-state index contributed by atoms with van der Waals surface area (Å²) in [5, 5.41) is 1.04. The summed E-state index contributed by atoms with van der Waals surface area (Å²) in [5.74, 6) is 0.427. The highest BCUT2D eigenvalue weighted by atomic mass is 16.5. The number of hydrogen-bond acceptors (Lipinski definition) is 4. The topological polar surface area (TPSA) is 67.7 Å². The molecule has 2 fully saturated rings. The molecule has 2 amide bonds. The molecule has 29 heavy (non-hydrogen) atoms. The molecule has 4 heterocycles. The van der Waals surface area contributed by atoms with E-state index in [1.807, 2.05) is 35.8 Å².